The van der Waals surface area contributed by atoms with Crippen LogP contribution in [0.2, 0.25) is 0 Å². The topological polar surface area (TPSA) is 20.3 Å². The lowest BCUT2D eigenvalue weighted by Crippen LogP contribution is -2.37. The van der Waals surface area contributed by atoms with Gasteiger partial charge in [-0.15, -0.1) is 0 Å². The molecule has 0 aromatic heterocycles. The van der Waals surface area contributed by atoms with Gasteiger partial charge in [-0.05, 0) is 39.8 Å². The largest absolute Gasteiger partial charge is 0.366 e. The molecule has 15 heavy (non-hydrogen) atoms. The van der Waals surface area contributed by atoms with Gasteiger partial charge in [-0.25, -0.2) is 0 Å². The highest BCUT2D eigenvalue weighted by atomic mass is 16.1. The van der Waals surface area contributed by atoms with Crippen molar-refractivity contribution >= 4 is 12.0 Å². The van der Waals surface area contributed by atoms with Gasteiger partial charge in [-0.3, -0.25) is 4.79 Å². The molecule has 0 aliphatic carbocycles. The van der Waals surface area contributed by atoms with Gasteiger partial charge in [0.2, 0.25) is 0 Å². The molecule has 0 saturated carbocycles. The van der Waals surface area contributed by atoms with Gasteiger partial charge in [0.25, 0.3) is 0 Å². The van der Waals surface area contributed by atoms with Crippen molar-refractivity contribution in [2.45, 2.75) is 39.8 Å². The van der Waals surface area contributed by atoms with Crippen molar-refractivity contribution < 1.29 is 4.79 Å². The summed E-state index contributed by atoms with van der Waals surface area (Å²) < 4.78 is 0. The van der Waals surface area contributed by atoms with Gasteiger partial charge in [0.05, 0.1) is 0 Å². The molecular formula is C13H19NO. The molecule has 0 heterocycles. The van der Waals surface area contributed by atoms with E-state index in [4.69, 9.17) is 0 Å². The summed E-state index contributed by atoms with van der Waals surface area (Å²) in [5.74, 6) is 0. The third-order valence-electron chi connectivity index (χ3n) is 2.45. The number of hydrogen-bond acceptors (Lipinski definition) is 2. The van der Waals surface area contributed by atoms with E-state index in [1.165, 1.54) is 0 Å². The Bertz CT molecular complexity index is 323. The zero-order valence-corrected chi connectivity index (χ0v) is 9.90. The first-order valence-electron chi connectivity index (χ1n) is 5.40. The van der Waals surface area contributed by atoms with Gasteiger partial charge in [0, 0.05) is 23.3 Å². The number of hydrogen-bond donors (Lipinski definition) is 0. The first kappa shape index (κ1) is 11.8. The molecule has 0 N–H and O–H groups in total. The van der Waals surface area contributed by atoms with Crippen molar-refractivity contribution in [2.24, 2.45) is 0 Å². The number of benzene rings is 1. The standard InChI is InChI=1S/C13H19NO/c1-10(2)14(11(3)4)13-8-6-5-7-12(13)9-15/h5-11H,1-4H3. The molecule has 0 saturated heterocycles. The monoisotopic (exact) mass is 205 g/mol. The van der Waals surface area contributed by atoms with Crippen LogP contribution in [0.15, 0.2) is 24.3 Å². The Morgan fingerprint density at radius 2 is 1.60 bits per heavy atom. The molecule has 0 bridgehead atoms. The van der Waals surface area contributed by atoms with Crippen molar-refractivity contribution in [1.29, 1.82) is 0 Å². The minimum Gasteiger partial charge on any atom is -0.366 e. The molecule has 1 aromatic rings. The fraction of sp³-hybridized carbons (Fsp3) is 0.462. The van der Waals surface area contributed by atoms with Crippen LogP contribution in [0.25, 0.3) is 0 Å². The van der Waals surface area contributed by atoms with Crippen molar-refractivity contribution in [1.82, 2.24) is 0 Å². The van der Waals surface area contributed by atoms with Gasteiger partial charge in [-0.2, -0.15) is 0 Å². The summed E-state index contributed by atoms with van der Waals surface area (Å²) in [4.78, 5) is 13.2. The van der Waals surface area contributed by atoms with Crippen LogP contribution in [0, 0.1) is 0 Å². The second-order valence-electron chi connectivity index (χ2n) is 4.27. The molecule has 0 aliphatic rings. The Labute approximate surface area is 91.9 Å². The lowest BCUT2D eigenvalue weighted by atomic mass is 10.1. The molecule has 0 fully saturated rings. The molecule has 2 heteroatoms. The quantitative estimate of drug-likeness (QED) is 0.704. The first-order valence-corrected chi connectivity index (χ1v) is 5.40. The van der Waals surface area contributed by atoms with Gasteiger partial charge >= 0.3 is 0 Å². The molecule has 1 aromatic carbocycles. The van der Waals surface area contributed by atoms with E-state index in [1.54, 1.807) is 0 Å². The molecule has 0 amide bonds. The minimum absolute atomic E-state index is 0.395. The Morgan fingerprint density at radius 3 is 2.07 bits per heavy atom. The normalized spacial score (nSPS) is 10.8. The maximum atomic E-state index is 11.0. The second kappa shape index (κ2) is 4.96. The van der Waals surface area contributed by atoms with Crippen LogP contribution in [-0.2, 0) is 0 Å². The van der Waals surface area contributed by atoms with Gasteiger partial charge in [-0.1, -0.05) is 12.1 Å². The SMILES string of the molecule is CC(C)N(c1ccccc1C=O)C(C)C. The van der Waals surface area contributed by atoms with E-state index in [0.29, 0.717) is 12.1 Å². The summed E-state index contributed by atoms with van der Waals surface area (Å²) in [6, 6.07) is 8.52. The summed E-state index contributed by atoms with van der Waals surface area (Å²) in [5.41, 5.74) is 1.79. The maximum absolute atomic E-state index is 11.0. The second-order valence-corrected chi connectivity index (χ2v) is 4.27. The number of para-hydroxylation sites is 1. The molecule has 0 unspecified atom stereocenters. The molecule has 0 radical (unpaired) electrons. The number of nitrogens with zero attached hydrogens (tertiary/aromatic N) is 1. The molecule has 1 rings (SSSR count). The van der Waals surface area contributed by atoms with E-state index < -0.39 is 0 Å². The third-order valence-corrected chi connectivity index (χ3v) is 2.45. The predicted octanol–water partition coefficient (Wildman–Crippen LogP) is 3.12. The highest BCUT2D eigenvalue weighted by molar-refractivity contribution is 5.84. The first-order chi connectivity index (χ1) is 7.07. The smallest absolute Gasteiger partial charge is 0.152 e. The van der Waals surface area contributed by atoms with E-state index in [9.17, 15) is 4.79 Å². The Kier molecular flexibility index (Phi) is 3.89. The van der Waals surface area contributed by atoms with Crippen molar-refractivity contribution in [2.75, 3.05) is 4.90 Å². The number of carbonyl (C=O) groups excluding carboxylic acids is 1. The van der Waals surface area contributed by atoms with E-state index in [2.05, 4.69) is 32.6 Å². The Balaban J connectivity index is 3.16. The van der Waals surface area contributed by atoms with Crippen molar-refractivity contribution in [3.63, 3.8) is 0 Å². The number of anilines is 1. The van der Waals surface area contributed by atoms with Crippen LogP contribution in [0.3, 0.4) is 0 Å². The fourth-order valence-electron chi connectivity index (χ4n) is 1.97. The van der Waals surface area contributed by atoms with Crippen LogP contribution in [0.1, 0.15) is 38.1 Å². The highest BCUT2D eigenvalue weighted by Gasteiger charge is 2.16. The summed E-state index contributed by atoms with van der Waals surface area (Å²) in [7, 11) is 0. The van der Waals surface area contributed by atoms with Crippen molar-refractivity contribution in [3.8, 4) is 0 Å². The van der Waals surface area contributed by atoms with E-state index >= 15 is 0 Å². The maximum Gasteiger partial charge on any atom is 0.152 e. The van der Waals surface area contributed by atoms with Gasteiger partial charge < -0.3 is 4.90 Å². The molecule has 2 nitrogen and oxygen atoms in total. The van der Waals surface area contributed by atoms with Crippen LogP contribution in [-0.4, -0.2) is 18.4 Å². The number of aldehydes is 1. The van der Waals surface area contributed by atoms with E-state index in [0.717, 1.165) is 17.5 Å². The summed E-state index contributed by atoms with van der Waals surface area (Å²) >= 11 is 0. The zero-order valence-electron chi connectivity index (χ0n) is 9.90. The summed E-state index contributed by atoms with van der Waals surface area (Å²) in [6.07, 6.45) is 0.924. The summed E-state index contributed by atoms with van der Waals surface area (Å²) in [5, 5.41) is 0. The van der Waals surface area contributed by atoms with Crippen molar-refractivity contribution in [3.05, 3.63) is 29.8 Å². The van der Waals surface area contributed by atoms with Crippen LogP contribution < -0.4 is 4.90 Å². The number of carbonyl (C=O) groups is 1. The Hall–Kier alpha value is -1.31. The van der Waals surface area contributed by atoms with Gasteiger partial charge in [0.15, 0.2) is 6.29 Å². The molecule has 0 spiro atoms. The van der Waals surface area contributed by atoms with Crippen LogP contribution in [0.4, 0.5) is 5.69 Å². The lowest BCUT2D eigenvalue weighted by molar-refractivity contribution is 0.112. The van der Waals surface area contributed by atoms with E-state index in [1.807, 2.05) is 24.3 Å². The molecule has 0 aliphatic heterocycles. The highest BCUT2D eigenvalue weighted by Crippen LogP contribution is 2.23. The Morgan fingerprint density at radius 1 is 1.07 bits per heavy atom. The third kappa shape index (κ3) is 2.58. The fourth-order valence-corrected chi connectivity index (χ4v) is 1.97. The van der Waals surface area contributed by atoms with Crippen LogP contribution in [0.5, 0.6) is 0 Å². The molecule has 0 atom stereocenters. The average molecular weight is 205 g/mol. The van der Waals surface area contributed by atoms with Gasteiger partial charge in [0.1, 0.15) is 0 Å². The van der Waals surface area contributed by atoms with E-state index in [-0.39, 0.29) is 0 Å². The molecule has 82 valence electrons. The predicted molar refractivity (Wildman–Crippen MR) is 64.6 cm³/mol. The lowest BCUT2D eigenvalue weighted by Gasteiger charge is -2.33. The zero-order chi connectivity index (χ0) is 11.4. The summed E-state index contributed by atoms with van der Waals surface area (Å²) in [6.45, 7) is 8.56. The minimum atomic E-state index is 0.395. The average Bonchev–Trinajstić information content (AvgIpc) is 2.17. The van der Waals surface area contributed by atoms with Crippen LogP contribution >= 0.6 is 0 Å². The molecular weight excluding hydrogens is 186 g/mol. The number of rotatable bonds is 4.